The maximum absolute atomic E-state index is 13.6. The number of nitrogens with zero attached hydrogens (tertiary/aromatic N) is 1. The van der Waals surface area contributed by atoms with Crippen LogP contribution >= 0.6 is 0 Å². The first-order valence-corrected chi connectivity index (χ1v) is 6.57. The molecule has 5 nitrogen and oxygen atoms in total. The van der Waals surface area contributed by atoms with Crippen molar-refractivity contribution in [3.05, 3.63) is 35.4 Å². The fourth-order valence-electron chi connectivity index (χ4n) is 2.28. The zero-order valence-electron chi connectivity index (χ0n) is 12.0. The van der Waals surface area contributed by atoms with Gasteiger partial charge in [-0.2, -0.15) is 18.2 Å². The summed E-state index contributed by atoms with van der Waals surface area (Å²) in [5.41, 5.74) is -5.24. The van der Waals surface area contributed by atoms with Gasteiger partial charge >= 0.3 is 6.18 Å². The number of alkyl halides is 3. The summed E-state index contributed by atoms with van der Waals surface area (Å²) in [7, 11) is 0. The number of amides is 1. The summed E-state index contributed by atoms with van der Waals surface area (Å²) in [6.07, 6.45) is -5.15. The van der Waals surface area contributed by atoms with E-state index in [1.54, 1.807) is 0 Å². The third-order valence-corrected chi connectivity index (χ3v) is 3.42. The standard InChI is InChI=1S/C14H16F3NO4/c1-12(2,20)7-8-22-13(14(15,16)17)10-6-4-3-5-9(10)11(19)18(13)21/h3-6,20-21H,7-8H2,1-2H3. The topological polar surface area (TPSA) is 70.0 Å². The maximum atomic E-state index is 13.6. The first-order valence-electron chi connectivity index (χ1n) is 6.57. The highest BCUT2D eigenvalue weighted by Crippen LogP contribution is 2.49. The van der Waals surface area contributed by atoms with Gasteiger partial charge < -0.3 is 9.84 Å². The molecule has 8 heteroatoms. The minimum absolute atomic E-state index is 0.102. The number of rotatable bonds is 4. The smallest absolute Gasteiger partial charge is 0.390 e. The van der Waals surface area contributed by atoms with Crippen molar-refractivity contribution in [2.45, 2.75) is 37.8 Å². The van der Waals surface area contributed by atoms with E-state index in [9.17, 15) is 28.3 Å². The predicted molar refractivity (Wildman–Crippen MR) is 69.0 cm³/mol. The van der Waals surface area contributed by atoms with Gasteiger partial charge in [-0.15, -0.1) is 0 Å². The summed E-state index contributed by atoms with van der Waals surface area (Å²) in [4.78, 5) is 11.9. The second-order valence-electron chi connectivity index (χ2n) is 5.72. The Morgan fingerprint density at radius 2 is 1.86 bits per heavy atom. The van der Waals surface area contributed by atoms with Gasteiger partial charge in [0, 0.05) is 5.56 Å². The molecule has 0 saturated carbocycles. The van der Waals surface area contributed by atoms with Crippen molar-refractivity contribution in [1.82, 2.24) is 5.06 Å². The lowest BCUT2D eigenvalue weighted by Gasteiger charge is -2.36. The van der Waals surface area contributed by atoms with Crippen LogP contribution in [0.15, 0.2) is 24.3 Å². The third kappa shape index (κ3) is 2.57. The van der Waals surface area contributed by atoms with E-state index in [1.807, 2.05) is 0 Å². The zero-order chi connectivity index (χ0) is 16.8. The molecule has 1 amide bonds. The molecule has 0 radical (unpaired) electrons. The molecule has 0 fully saturated rings. The normalized spacial score (nSPS) is 22.1. The van der Waals surface area contributed by atoms with Crippen LogP contribution in [0, 0.1) is 0 Å². The van der Waals surface area contributed by atoms with Crippen molar-refractivity contribution < 1.29 is 33.0 Å². The van der Waals surface area contributed by atoms with Crippen LogP contribution < -0.4 is 0 Å². The number of carbonyl (C=O) groups excluding carboxylic acids is 1. The lowest BCUT2D eigenvalue weighted by molar-refractivity contribution is -0.378. The highest BCUT2D eigenvalue weighted by molar-refractivity contribution is 5.99. The summed E-state index contributed by atoms with van der Waals surface area (Å²) in [5, 5.41) is 18.9. The molecule has 1 aromatic rings. The third-order valence-electron chi connectivity index (χ3n) is 3.42. The van der Waals surface area contributed by atoms with Gasteiger partial charge in [-0.05, 0) is 26.3 Å². The number of aliphatic hydroxyl groups is 1. The Kier molecular flexibility index (Phi) is 3.97. The molecule has 1 aliphatic heterocycles. The number of benzene rings is 1. The lowest BCUT2D eigenvalue weighted by atomic mass is 10.0. The molecule has 1 aromatic carbocycles. The summed E-state index contributed by atoms with van der Waals surface area (Å²) >= 11 is 0. The number of carbonyl (C=O) groups is 1. The Labute approximate surface area is 124 Å². The van der Waals surface area contributed by atoms with Gasteiger partial charge in [0.05, 0.1) is 17.8 Å². The van der Waals surface area contributed by atoms with Gasteiger partial charge in [0.1, 0.15) is 0 Å². The predicted octanol–water partition coefficient (Wildman–Crippen LogP) is 2.42. The van der Waals surface area contributed by atoms with Crippen LogP contribution in [0.25, 0.3) is 0 Å². The first-order chi connectivity index (χ1) is 10.0. The lowest BCUT2D eigenvalue weighted by Crippen LogP contribution is -2.55. The summed E-state index contributed by atoms with van der Waals surface area (Å²) in [5.74, 6) is -1.18. The van der Waals surface area contributed by atoms with Crippen molar-refractivity contribution in [1.29, 1.82) is 0 Å². The maximum Gasteiger partial charge on any atom is 0.443 e. The Bertz CT molecular complexity index is 582. The van der Waals surface area contributed by atoms with E-state index >= 15 is 0 Å². The van der Waals surface area contributed by atoms with E-state index in [2.05, 4.69) is 0 Å². The van der Waals surface area contributed by atoms with Gasteiger partial charge in [0.2, 0.25) is 0 Å². The zero-order valence-corrected chi connectivity index (χ0v) is 12.0. The summed E-state index contributed by atoms with van der Waals surface area (Å²) in [6.45, 7) is 2.34. The van der Waals surface area contributed by atoms with Crippen LogP contribution in [0.5, 0.6) is 0 Å². The molecule has 1 heterocycles. The molecule has 0 aromatic heterocycles. The van der Waals surface area contributed by atoms with Crippen LogP contribution in [-0.2, 0) is 10.5 Å². The van der Waals surface area contributed by atoms with Gasteiger partial charge in [0.15, 0.2) is 0 Å². The fraction of sp³-hybridized carbons (Fsp3) is 0.500. The second kappa shape index (κ2) is 5.22. The number of hydrogen-bond acceptors (Lipinski definition) is 4. The van der Waals surface area contributed by atoms with Crippen LogP contribution in [0.3, 0.4) is 0 Å². The highest BCUT2D eigenvalue weighted by Gasteiger charge is 2.68. The molecular formula is C14H16F3NO4. The minimum atomic E-state index is -5.05. The molecule has 122 valence electrons. The Morgan fingerprint density at radius 1 is 1.27 bits per heavy atom. The number of hydroxylamine groups is 2. The average Bonchev–Trinajstić information content (AvgIpc) is 2.60. The molecule has 2 N–H and O–H groups in total. The summed E-state index contributed by atoms with van der Waals surface area (Å²) in [6, 6.07) is 4.99. The Hall–Kier alpha value is -1.64. The van der Waals surface area contributed by atoms with Gasteiger partial charge in [0.25, 0.3) is 11.6 Å². The van der Waals surface area contributed by atoms with Crippen molar-refractivity contribution in [2.24, 2.45) is 0 Å². The SMILES string of the molecule is CC(C)(O)CCOC1(C(F)(F)F)c2ccccc2C(=O)N1O. The molecule has 1 atom stereocenters. The van der Waals surface area contributed by atoms with Crippen LogP contribution in [0.1, 0.15) is 36.2 Å². The molecule has 22 heavy (non-hydrogen) atoms. The first kappa shape index (κ1) is 16.7. The van der Waals surface area contributed by atoms with Crippen LogP contribution in [0.2, 0.25) is 0 Å². The van der Waals surface area contributed by atoms with Crippen molar-refractivity contribution in [2.75, 3.05) is 6.61 Å². The molecule has 0 spiro atoms. The van der Waals surface area contributed by atoms with E-state index in [0.29, 0.717) is 0 Å². The quantitative estimate of drug-likeness (QED) is 0.836. The number of ether oxygens (including phenoxy) is 1. The number of halogens is 3. The molecule has 1 aliphatic rings. The van der Waals surface area contributed by atoms with E-state index in [0.717, 1.165) is 6.07 Å². The van der Waals surface area contributed by atoms with Gasteiger partial charge in [-0.1, -0.05) is 18.2 Å². The molecule has 1 unspecified atom stereocenters. The Morgan fingerprint density at radius 3 is 2.41 bits per heavy atom. The largest absolute Gasteiger partial charge is 0.443 e. The van der Waals surface area contributed by atoms with Gasteiger partial charge in [-0.3, -0.25) is 10.0 Å². The fourth-order valence-corrected chi connectivity index (χ4v) is 2.28. The van der Waals surface area contributed by atoms with Crippen molar-refractivity contribution in [3.8, 4) is 0 Å². The minimum Gasteiger partial charge on any atom is -0.390 e. The van der Waals surface area contributed by atoms with E-state index in [-0.39, 0.29) is 12.0 Å². The molecule has 0 saturated heterocycles. The molecule has 0 aliphatic carbocycles. The van der Waals surface area contributed by atoms with Crippen molar-refractivity contribution in [3.63, 3.8) is 0 Å². The van der Waals surface area contributed by atoms with Gasteiger partial charge in [-0.25, -0.2) is 0 Å². The van der Waals surface area contributed by atoms with Crippen LogP contribution in [0.4, 0.5) is 13.2 Å². The van der Waals surface area contributed by atoms with Crippen LogP contribution in [-0.4, -0.2) is 39.7 Å². The molecule has 0 bridgehead atoms. The van der Waals surface area contributed by atoms with E-state index in [1.165, 1.54) is 32.0 Å². The highest BCUT2D eigenvalue weighted by atomic mass is 19.4. The monoisotopic (exact) mass is 319 g/mol. The molecule has 2 rings (SSSR count). The summed E-state index contributed by atoms with van der Waals surface area (Å²) < 4.78 is 45.7. The molecular weight excluding hydrogens is 303 g/mol. The second-order valence-corrected chi connectivity index (χ2v) is 5.72. The number of hydrogen-bond donors (Lipinski definition) is 2. The van der Waals surface area contributed by atoms with Crippen molar-refractivity contribution >= 4 is 5.91 Å². The average molecular weight is 319 g/mol. The van der Waals surface area contributed by atoms with E-state index in [4.69, 9.17) is 4.74 Å². The van der Waals surface area contributed by atoms with E-state index < -0.39 is 40.6 Å². The Balaban J connectivity index is 2.45. The number of fused-ring (bicyclic) bond motifs is 1.